The quantitative estimate of drug-likeness (QED) is 0.0120. The Kier molecular flexibility index (Phi) is 29.6. The van der Waals surface area contributed by atoms with Crippen LogP contribution >= 0.6 is 0 Å². The average Bonchev–Trinajstić information content (AvgIpc) is 1.69. The van der Waals surface area contributed by atoms with Crippen molar-refractivity contribution < 1.29 is 138 Å². The molecule has 2 aromatic carbocycles. The first-order chi connectivity index (χ1) is 47.9. The van der Waals surface area contributed by atoms with Gasteiger partial charge < -0.3 is 63.3 Å². The van der Waals surface area contributed by atoms with Crippen molar-refractivity contribution in [2.24, 2.45) is 40.1 Å². The molecule has 0 unspecified atom stereocenters. The van der Waals surface area contributed by atoms with E-state index in [2.05, 4.69) is 30.9 Å². The van der Waals surface area contributed by atoms with E-state index < -0.39 is 211 Å². The minimum absolute atomic E-state index is 0.00387. The third kappa shape index (κ3) is 21.2. The summed E-state index contributed by atoms with van der Waals surface area (Å²) in [6, 6.07) is 3.33. The van der Waals surface area contributed by atoms with Gasteiger partial charge in [0.25, 0.3) is 0 Å². The number of benzene rings is 2. The molecule has 1 aliphatic rings. The summed E-state index contributed by atoms with van der Waals surface area (Å²) >= 11 is 0. The summed E-state index contributed by atoms with van der Waals surface area (Å²) in [4.78, 5) is 150. The maximum absolute atomic E-state index is 14.9. The number of likely N-dealkylation sites (tertiary alicyclic amines) is 1. The molecule has 1 aliphatic heterocycles. The van der Waals surface area contributed by atoms with Gasteiger partial charge in [0, 0.05) is 75.3 Å². The van der Waals surface area contributed by atoms with Gasteiger partial charge in [-0.3, -0.25) is 48.1 Å². The molecule has 0 spiro atoms. The number of aliphatic carboxylic acids is 2. The summed E-state index contributed by atoms with van der Waals surface area (Å²) in [6.07, 6.45) is -15.3. The number of H-pyrrole nitrogens is 1. The minimum Gasteiger partial charge on any atom is -0.508 e. The number of halogens is 17. The number of alkyl halides is 17. The number of Topliss-reactive ketones (excluding diaryl/α,β-unsaturated/α-hetero) is 2. The number of phenolic OH excluding ortho intramolecular Hbond substituents is 1. The number of hydrogen-bond donors (Lipinski definition) is 11. The number of nitrogens with zero attached hydrogens (tertiary/aromatic N) is 3. The Morgan fingerprint density at radius 1 is 0.615 bits per heavy atom. The maximum Gasteiger partial charge on any atom is 0.460 e. The number of aliphatic imine (C=N–C) groups is 1. The van der Waals surface area contributed by atoms with Gasteiger partial charge >= 0.3 is 59.6 Å². The molecule has 580 valence electrons. The predicted molar refractivity (Wildman–Crippen MR) is 329 cm³/mol. The molecule has 1 saturated heterocycles. The van der Waals surface area contributed by atoms with Crippen molar-refractivity contribution in [3.8, 4) is 5.75 Å². The number of carbonyl (C=O) groups excluding carboxylic acids is 8. The Bertz CT molecular complexity index is 3520. The maximum atomic E-state index is 14.9. The molecule has 104 heavy (non-hydrogen) atoms. The molecule has 1 fully saturated rings. The van der Waals surface area contributed by atoms with Crippen molar-refractivity contribution in [3.05, 3.63) is 83.9 Å². The highest BCUT2D eigenvalue weighted by atomic mass is 19.4. The molecule has 41 heteroatoms. The first kappa shape index (κ1) is 87.0. The van der Waals surface area contributed by atoms with Gasteiger partial charge in [-0.05, 0) is 67.2 Å². The van der Waals surface area contributed by atoms with E-state index in [1.54, 1.807) is 44.2 Å². The van der Waals surface area contributed by atoms with Crippen LogP contribution in [0.4, 0.5) is 74.6 Å². The second-order valence-electron chi connectivity index (χ2n) is 25.1. The zero-order chi connectivity index (χ0) is 79.1. The summed E-state index contributed by atoms with van der Waals surface area (Å²) in [5, 5.41) is 40.9. The number of guanidine groups is 1. The Balaban J connectivity index is 1.62. The summed E-state index contributed by atoms with van der Waals surface area (Å²) in [5.41, 5.74) is 12.0. The van der Waals surface area contributed by atoms with Crippen molar-refractivity contribution in [2.45, 2.75) is 195 Å². The van der Waals surface area contributed by atoms with Gasteiger partial charge in [0.05, 0.1) is 24.8 Å². The van der Waals surface area contributed by atoms with Gasteiger partial charge in [0.2, 0.25) is 35.4 Å². The van der Waals surface area contributed by atoms with Gasteiger partial charge in [-0.2, -0.15) is 74.6 Å². The molecule has 4 rings (SSSR count). The predicted octanol–water partition coefficient (Wildman–Crippen LogP) is 6.81. The van der Waals surface area contributed by atoms with Crippen LogP contribution < -0.4 is 38.1 Å². The summed E-state index contributed by atoms with van der Waals surface area (Å²) in [5.74, 6) is -77.1. The number of aromatic nitrogens is 2. The van der Waals surface area contributed by atoms with Crippen molar-refractivity contribution >= 4 is 64.9 Å². The fourth-order valence-electron chi connectivity index (χ4n) is 10.9. The number of hydrogen-bond acceptors (Lipinski definition) is 13. The third-order valence-electron chi connectivity index (χ3n) is 17.2. The molecule has 1 aromatic heterocycles. The molecule has 3 aromatic rings. The Morgan fingerprint density at radius 2 is 1.13 bits per heavy atom. The number of phenols is 1. The highest BCUT2D eigenvalue weighted by Crippen LogP contribution is 2.64. The lowest BCUT2D eigenvalue weighted by Crippen LogP contribution is -2.74. The highest BCUT2D eigenvalue weighted by molar-refractivity contribution is 5.98. The molecule has 6 amide bonds. The topological polar surface area (TPSA) is 388 Å². The first-order valence-electron chi connectivity index (χ1n) is 31.8. The smallest absolute Gasteiger partial charge is 0.460 e. The average molecular weight is 1520 g/mol. The van der Waals surface area contributed by atoms with Gasteiger partial charge in [-0.1, -0.05) is 76.6 Å². The number of carboxylic acid groups (broad SMARTS) is 2. The van der Waals surface area contributed by atoms with Crippen molar-refractivity contribution in [2.75, 3.05) is 13.1 Å². The zero-order valence-electron chi connectivity index (χ0n) is 55.6. The van der Waals surface area contributed by atoms with Crippen LogP contribution in [-0.4, -0.2) is 192 Å². The standard InChI is InChI=1S/C63H76F17N11O13/c1-5-32(4)38(50(99)89-42(25-35-29-83-30-85-35)53(102)91-22-10-14-44(91)52(101)90-43(54(103)104)24-33-11-7-6-8-12-33)27-46(94)40(23-34-15-17-36(92)18-16-34)88-49(98)37(31(2)3)26-45(93)39(13-9-21-84-55(81)82)87-51(100)41(28-48(96)97)86-47(95)19-20-56(64,65)57(66,67)58(68,69)59(70,71)60(72,73)61(74,75)62(76,77)63(78,79)80/h6-8,11-12,15-18,29-32,37-44,92H,5,9-10,13-14,19-28H2,1-4H3,(H,83,85)(H,86,95)(H,87,100)(H,88,98)(H,89,99)(H,90,101)(H,96,97)(H,103,104)(H4,81,82,84)/t32-,37-,38-,39-,40-,41-,42-,43-,44-/m0/s1. The number of ketones is 2. The van der Waals surface area contributed by atoms with Crippen LogP contribution in [0.25, 0.3) is 0 Å². The normalized spacial score (nSPS) is 16.5. The molecule has 0 saturated carbocycles. The highest BCUT2D eigenvalue weighted by Gasteiger charge is 2.95. The summed E-state index contributed by atoms with van der Waals surface area (Å²) in [6.45, 7) is 5.74. The number of amides is 6. The lowest BCUT2D eigenvalue weighted by atomic mass is 9.83. The molecule has 0 radical (unpaired) electrons. The molecular formula is C63H76F17N11O13. The minimum atomic E-state index is -8.93. The third-order valence-corrected chi connectivity index (χ3v) is 17.2. The zero-order valence-corrected chi connectivity index (χ0v) is 55.6. The lowest BCUT2D eigenvalue weighted by Gasteiger charge is -2.42. The van der Waals surface area contributed by atoms with Gasteiger partial charge in [0.1, 0.15) is 29.9 Å². The van der Waals surface area contributed by atoms with Crippen LogP contribution in [-0.2, 0) is 67.2 Å². The SMILES string of the molecule is CC[C@H](C)[C@H](CC(=O)[C@H](Cc1ccc(O)cc1)NC(=O)[C@@H](CC(=O)[C@H](CCCN=C(N)N)NC(=O)[C@H](CC(=O)O)NC(=O)CCC(F)(F)C(F)(F)C(F)(F)C(F)(F)C(F)(F)C(F)(F)C(F)(F)C(F)(F)F)C(C)C)C(=O)N[C@@H](Cc1cnc[nH]1)C(=O)N1CCC[C@H]1C(=O)N[C@@H](Cc1ccccc1)C(=O)O. The number of nitrogens with two attached hydrogens (primary N) is 2. The van der Waals surface area contributed by atoms with E-state index in [1.807, 2.05) is 5.32 Å². The number of aromatic amines is 1. The van der Waals surface area contributed by atoms with Crippen LogP contribution in [0.2, 0.25) is 0 Å². The van der Waals surface area contributed by atoms with E-state index >= 15 is 0 Å². The Hall–Kier alpha value is -9.37. The lowest BCUT2D eigenvalue weighted by molar-refractivity contribution is -0.461. The van der Waals surface area contributed by atoms with Crippen LogP contribution in [0.1, 0.15) is 109 Å². The van der Waals surface area contributed by atoms with E-state index in [0.717, 1.165) is 0 Å². The van der Waals surface area contributed by atoms with Gasteiger partial charge in [-0.15, -0.1) is 0 Å². The number of imidazole rings is 1. The number of rotatable bonds is 41. The molecule has 24 nitrogen and oxygen atoms in total. The van der Waals surface area contributed by atoms with Crippen LogP contribution in [0.5, 0.6) is 5.75 Å². The second-order valence-corrected chi connectivity index (χ2v) is 25.1. The van der Waals surface area contributed by atoms with Crippen molar-refractivity contribution in [1.29, 1.82) is 0 Å². The fraction of sp³-hybridized carbons (Fsp3) is 0.587. The first-order valence-corrected chi connectivity index (χ1v) is 31.8. The van der Waals surface area contributed by atoms with E-state index in [9.17, 15) is 138 Å². The number of carbonyl (C=O) groups is 10. The van der Waals surface area contributed by atoms with Gasteiger partial charge in [0.15, 0.2) is 17.5 Å². The van der Waals surface area contributed by atoms with E-state index in [-0.39, 0.29) is 57.4 Å². The van der Waals surface area contributed by atoms with Crippen molar-refractivity contribution in [1.82, 2.24) is 41.5 Å². The number of nitrogens with one attached hydrogen (secondary N) is 6. The molecule has 2 heterocycles. The van der Waals surface area contributed by atoms with E-state index in [1.165, 1.54) is 60.9 Å². The van der Waals surface area contributed by atoms with Crippen LogP contribution in [0.3, 0.4) is 0 Å². The monoisotopic (exact) mass is 1520 g/mol. The largest absolute Gasteiger partial charge is 0.508 e. The Morgan fingerprint density at radius 3 is 1.66 bits per heavy atom. The number of aromatic hydroxyl groups is 1. The molecule has 9 atom stereocenters. The van der Waals surface area contributed by atoms with E-state index in [0.29, 0.717) is 23.2 Å². The van der Waals surface area contributed by atoms with E-state index in [4.69, 9.17) is 11.5 Å². The number of carboxylic acids is 2. The van der Waals surface area contributed by atoms with Gasteiger partial charge in [-0.25, -0.2) is 9.78 Å². The second kappa shape index (κ2) is 35.4. The molecule has 13 N–H and O–H groups in total. The van der Waals surface area contributed by atoms with Crippen LogP contribution in [0, 0.1) is 23.7 Å². The Labute approximate surface area is 580 Å². The summed E-state index contributed by atoms with van der Waals surface area (Å²) in [7, 11) is 0. The van der Waals surface area contributed by atoms with Crippen molar-refractivity contribution in [3.63, 3.8) is 0 Å². The summed E-state index contributed by atoms with van der Waals surface area (Å²) < 4.78 is 237. The van der Waals surface area contributed by atoms with Crippen LogP contribution in [0.15, 0.2) is 72.1 Å². The molecular weight excluding hydrogens is 1440 g/mol. The molecule has 0 aliphatic carbocycles. The molecule has 0 bridgehead atoms. The fourth-order valence-corrected chi connectivity index (χ4v) is 10.9.